The maximum atomic E-state index is 12.1. The summed E-state index contributed by atoms with van der Waals surface area (Å²) in [6, 6.07) is 9.60. The van der Waals surface area contributed by atoms with Gasteiger partial charge in [-0.25, -0.2) is 4.79 Å². The number of aryl methyl sites for hydroxylation is 1. The van der Waals surface area contributed by atoms with Crippen molar-refractivity contribution in [3.8, 4) is 0 Å². The first-order valence-electron chi connectivity index (χ1n) is 8.63. The van der Waals surface area contributed by atoms with Crippen molar-refractivity contribution in [1.82, 2.24) is 5.32 Å². The van der Waals surface area contributed by atoms with Crippen molar-refractivity contribution >= 4 is 23.4 Å². The van der Waals surface area contributed by atoms with Crippen LogP contribution in [0.2, 0.25) is 0 Å². The van der Waals surface area contributed by atoms with Gasteiger partial charge in [-0.05, 0) is 64.2 Å². The van der Waals surface area contributed by atoms with E-state index in [9.17, 15) is 4.79 Å². The minimum atomic E-state index is -0.572. The SMILES string of the molecule is CC(C)(C)OC(=O)NC(CCc1ccccc1)C(=S)OCCCCO. The van der Waals surface area contributed by atoms with E-state index >= 15 is 0 Å². The molecule has 0 aliphatic rings. The Morgan fingerprint density at radius 2 is 1.92 bits per heavy atom. The minimum absolute atomic E-state index is 0.129. The van der Waals surface area contributed by atoms with Crippen LogP contribution in [0.4, 0.5) is 4.79 Å². The molecule has 2 N–H and O–H groups in total. The fourth-order valence-corrected chi connectivity index (χ4v) is 2.40. The van der Waals surface area contributed by atoms with Gasteiger partial charge in [-0.2, -0.15) is 0 Å². The number of nitrogens with one attached hydrogen (secondary N) is 1. The summed E-state index contributed by atoms with van der Waals surface area (Å²) >= 11 is 5.35. The predicted octanol–water partition coefficient (Wildman–Crippen LogP) is 3.63. The van der Waals surface area contributed by atoms with Crippen molar-refractivity contribution in [3.63, 3.8) is 0 Å². The molecule has 1 aromatic carbocycles. The highest BCUT2D eigenvalue weighted by atomic mass is 32.1. The van der Waals surface area contributed by atoms with Crippen molar-refractivity contribution < 1.29 is 19.4 Å². The third-order valence-electron chi connectivity index (χ3n) is 3.34. The van der Waals surface area contributed by atoms with Gasteiger partial charge in [0.05, 0.1) is 6.61 Å². The average molecular weight is 368 g/mol. The first-order valence-corrected chi connectivity index (χ1v) is 9.03. The van der Waals surface area contributed by atoms with Crippen LogP contribution >= 0.6 is 12.2 Å². The van der Waals surface area contributed by atoms with Crippen LogP contribution in [0.15, 0.2) is 30.3 Å². The second-order valence-electron chi connectivity index (χ2n) is 6.82. The zero-order chi connectivity index (χ0) is 18.7. The minimum Gasteiger partial charge on any atom is -0.485 e. The predicted molar refractivity (Wildman–Crippen MR) is 103 cm³/mol. The van der Waals surface area contributed by atoms with E-state index in [1.165, 1.54) is 5.56 Å². The Bertz CT molecular complexity index is 528. The third-order valence-corrected chi connectivity index (χ3v) is 3.74. The van der Waals surface area contributed by atoms with Crippen LogP contribution in [0.25, 0.3) is 0 Å². The van der Waals surface area contributed by atoms with Gasteiger partial charge in [-0.15, -0.1) is 0 Å². The molecular formula is C19H29NO4S. The van der Waals surface area contributed by atoms with E-state index in [1.54, 1.807) is 0 Å². The molecule has 0 aliphatic heterocycles. The van der Waals surface area contributed by atoms with Crippen LogP contribution in [-0.4, -0.2) is 41.1 Å². The molecule has 6 heteroatoms. The molecule has 0 saturated carbocycles. The van der Waals surface area contributed by atoms with Crippen molar-refractivity contribution in [2.75, 3.05) is 13.2 Å². The second-order valence-corrected chi connectivity index (χ2v) is 7.22. The number of hydrogen-bond acceptors (Lipinski definition) is 5. The summed E-state index contributed by atoms with van der Waals surface area (Å²) in [6.45, 7) is 6.00. The van der Waals surface area contributed by atoms with Crippen molar-refractivity contribution in [3.05, 3.63) is 35.9 Å². The number of thiocarbonyl (C=S) groups is 1. The summed E-state index contributed by atoms with van der Waals surface area (Å²) < 4.78 is 10.9. The number of carbonyl (C=O) groups is 1. The second kappa shape index (κ2) is 11.1. The molecule has 140 valence electrons. The molecule has 0 aromatic heterocycles. The molecule has 0 saturated heterocycles. The van der Waals surface area contributed by atoms with Crippen LogP contribution in [0.3, 0.4) is 0 Å². The van der Waals surface area contributed by atoms with Gasteiger partial charge in [0.25, 0.3) is 0 Å². The fraction of sp³-hybridized carbons (Fsp3) is 0.579. The van der Waals surface area contributed by atoms with Crippen molar-refractivity contribution in [2.24, 2.45) is 0 Å². The van der Waals surface area contributed by atoms with Gasteiger partial charge >= 0.3 is 6.09 Å². The van der Waals surface area contributed by atoms with Gasteiger partial charge in [-0.3, -0.25) is 0 Å². The molecule has 0 spiro atoms. The van der Waals surface area contributed by atoms with E-state index < -0.39 is 17.7 Å². The summed E-state index contributed by atoms with van der Waals surface area (Å²) in [6.07, 6.45) is 2.27. The molecule has 1 aromatic rings. The Balaban J connectivity index is 2.61. The number of rotatable bonds is 9. The Kier molecular flexibility index (Phi) is 9.45. The number of hydrogen-bond donors (Lipinski definition) is 2. The zero-order valence-corrected chi connectivity index (χ0v) is 16.1. The Labute approximate surface area is 155 Å². The van der Waals surface area contributed by atoms with Gasteiger partial charge in [-0.1, -0.05) is 30.3 Å². The lowest BCUT2D eigenvalue weighted by atomic mass is 10.1. The summed E-state index contributed by atoms with van der Waals surface area (Å²) in [4.78, 5) is 12.1. The number of aliphatic hydroxyl groups is 1. The lowest BCUT2D eigenvalue weighted by molar-refractivity contribution is 0.0511. The highest BCUT2D eigenvalue weighted by Gasteiger charge is 2.23. The smallest absolute Gasteiger partial charge is 0.408 e. The number of alkyl carbamates (subject to hydrolysis) is 1. The number of benzene rings is 1. The lowest BCUT2D eigenvalue weighted by Gasteiger charge is -2.24. The largest absolute Gasteiger partial charge is 0.485 e. The average Bonchev–Trinajstić information content (AvgIpc) is 2.54. The molecule has 1 unspecified atom stereocenters. The molecule has 1 rings (SSSR count). The van der Waals surface area contributed by atoms with Gasteiger partial charge in [0, 0.05) is 6.61 Å². The molecule has 1 atom stereocenters. The molecule has 0 fully saturated rings. The number of unbranched alkanes of at least 4 members (excludes halogenated alkanes) is 1. The van der Waals surface area contributed by atoms with Crippen LogP contribution in [-0.2, 0) is 15.9 Å². The first kappa shape index (κ1) is 21.4. The topological polar surface area (TPSA) is 67.8 Å². The van der Waals surface area contributed by atoms with E-state index in [-0.39, 0.29) is 6.61 Å². The first-order chi connectivity index (χ1) is 11.8. The molecule has 0 heterocycles. The molecule has 0 aliphatic carbocycles. The van der Waals surface area contributed by atoms with Crippen molar-refractivity contribution in [2.45, 2.75) is 58.1 Å². The lowest BCUT2D eigenvalue weighted by Crippen LogP contribution is -2.44. The molecule has 1 amide bonds. The Morgan fingerprint density at radius 1 is 1.24 bits per heavy atom. The Hall–Kier alpha value is -1.66. The maximum absolute atomic E-state index is 12.1. The van der Waals surface area contributed by atoms with E-state index in [1.807, 2.05) is 51.1 Å². The van der Waals surface area contributed by atoms with Crippen LogP contribution in [0.5, 0.6) is 0 Å². The van der Waals surface area contributed by atoms with E-state index in [4.69, 9.17) is 26.8 Å². The van der Waals surface area contributed by atoms with E-state index in [0.717, 1.165) is 6.42 Å². The van der Waals surface area contributed by atoms with Gasteiger partial charge < -0.3 is 19.9 Å². The van der Waals surface area contributed by atoms with Crippen LogP contribution < -0.4 is 5.32 Å². The molecular weight excluding hydrogens is 338 g/mol. The number of aliphatic hydroxyl groups excluding tert-OH is 1. The van der Waals surface area contributed by atoms with E-state index in [2.05, 4.69) is 5.32 Å². The van der Waals surface area contributed by atoms with Crippen LogP contribution in [0, 0.1) is 0 Å². The van der Waals surface area contributed by atoms with Gasteiger partial charge in [0.1, 0.15) is 11.6 Å². The van der Waals surface area contributed by atoms with Crippen molar-refractivity contribution in [1.29, 1.82) is 0 Å². The molecule has 25 heavy (non-hydrogen) atoms. The summed E-state index contributed by atoms with van der Waals surface area (Å²) in [7, 11) is 0. The highest BCUT2D eigenvalue weighted by molar-refractivity contribution is 7.80. The maximum Gasteiger partial charge on any atom is 0.408 e. The quantitative estimate of drug-likeness (QED) is 0.515. The Morgan fingerprint density at radius 3 is 2.52 bits per heavy atom. The highest BCUT2D eigenvalue weighted by Crippen LogP contribution is 2.11. The number of ether oxygens (including phenoxy) is 2. The molecule has 0 radical (unpaired) electrons. The number of carbonyl (C=O) groups excluding carboxylic acids is 1. The molecule has 0 bridgehead atoms. The number of amides is 1. The van der Waals surface area contributed by atoms with Gasteiger partial charge in [0.2, 0.25) is 0 Å². The normalized spacial score (nSPS) is 12.3. The summed E-state index contributed by atoms with van der Waals surface area (Å²) in [5.41, 5.74) is 0.596. The fourth-order valence-electron chi connectivity index (χ4n) is 2.14. The van der Waals surface area contributed by atoms with Crippen LogP contribution in [0.1, 0.15) is 45.6 Å². The third kappa shape index (κ3) is 10.0. The monoisotopic (exact) mass is 367 g/mol. The van der Waals surface area contributed by atoms with E-state index in [0.29, 0.717) is 30.9 Å². The van der Waals surface area contributed by atoms with Gasteiger partial charge in [0.15, 0.2) is 5.05 Å². The summed E-state index contributed by atoms with van der Waals surface area (Å²) in [5, 5.41) is 12.0. The standard InChI is InChI=1S/C19H29NO4S/c1-19(2,3)24-18(22)20-16(17(25)23-14-8-7-13-21)12-11-15-9-5-4-6-10-15/h4-6,9-10,16,21H,7-8,11-14H2,1-3H3,(H,20,22). The zero-order valence-electron chi connectivity index (χ0n) is 15.3. The summed E-state index contributed by atoms with van der Waals surface area (Å²) in [5.74, 6) is 0. The molecule has 5 nitrogen and oxygen atoms in total.